The van der Waals surface area contributed by atoms with Crippen molar-refractivity contribution >= 4 is 6.03 Å². The summed E-state index contributed by atoms with van der Waals surface area (Å²) >= 11 is 0. The fourth-order valence-electron chi connectivity index (χ4n) is 3.43. The first-order valence-electron chi connectivity index (χ1n) is 8.82. The smallest absolute Gasteiger partial charge is 0.315 e. The molecule has 4 rings (SSSR count). The Kier molecular flexibility index (Phi) is 4.56. The minimum atomic E-state index is -0.205. The average Bonchev–Trinajstić information content (AvgIpc) is 3.32. The molecule has 2 N–H and O–H groups in total. The van der Waals surface area contributed by atoms with Gasteiger partial charge in [0.15, 0.2) is 0 Å². The van der Waals surface area contributed by atoms with Crippen LogP contribution in [0.2, 0.25) is 0 Å². The van der Waals surface area contributed by atoms with E-state index in [-0.39, 0.29) is 6.03 Å². The minimum Gasteiger partial charge on any atom is -0.497 e. The monoisotopic (exact) mass is 354 g/mol. The molecule has 26 heavy (non-hydrogen) atoms. The van der Waals surface area contributed by atoms with Gasteiger partial charge in [0.05, 0.1) is 20.3 Å². The predicted octanol–water partition coefficient (Wildman–Crippen LogP) is 2.56. The van der Waals surface area contributed by atoms with E-state index in [1.807, 2.05) is 24.3 Å². The second kappa shape index (κ2) is 7.15. The molecule has 0 atom stereocenters. The zero-order valence-electron chi connectivity index (χ0n) is 14.8. The van der Waals surface area contributed by atoms with E-state index in [0.717, 1.165) is 46.8 Å². The molecule has 2 aliphatic rings. The average molecular weight is 354 g/mol. The highest BCUT2D eigenvalue weighted by molar-refractivity contribution is 5.74. The highest BCUT2D eigenvalue weighted by atomic mass is 16.5. The Morgan fingerprint density at radius 2 is 1.85 bits per heavy atom. The van der Waals surface area contributed by atoms with Crippen molar-refractivity contribution in [2.45, 2.75) is 25.9 Å². The summed E-state index contributed by atoms with van der Waals surface area (Å²) < 4.78 is 16.6. The van der Waals surface area contributed by atoms with Crippen molar-refractivity contribution in [2.75, 3.05) is 20.3 Å². The highest BCUT2D eigenvalue weighted by Gasteiger charge is 2.26. The molecule has 2 aliphatic heterocycles. The van der Waals surface area contributed by atoms with Gasteiger partial charge in [-0.2, -0.15) is 0 Å². The molecule has 0 saturated heterocycles. The van der Waals surface area contributed by atoms with Crippen LogP contribution in [0.3, 0.4) is 0 Å². The first-order valence-corrected chi connectivity index (χ1v) is 8.82. The summed E-state index contributed by atoms with van der Waals surface area (Å²) in [4.78, 5) is 12.2. The first kappa shape index (κ1) is 16.6. The molecule has 0 spiro atoms. The van der Waals surface area contributed by atoms with Crippen LogP contribution in [-0.4, -0.2) is 26.4 Å². The number of hydrogen-bond acceptors (Lipinski definition) is 4. The molecule has 0 fully saturated rings. The van der Waals surface area contributed by atoms with E-state index in [1.54, 1.807) is 7.11 Å². The van der Waals surface area contributed by atoms with Crippen molar-refractivity contribution in [3.05, 3.63) is 52.6 Å². The standard InChI is InChI=1S/C20H22N2O4/c1-24-15-4-2-13(3-5-15)11-21-20(23)22-12-17-16-7-9-25-18(16)10-14-6-8-26-19(14)17/h2-5,10H,6-9,11-12H2,1H3,(H2,21,22,23). The van der Waals surface area contributed by atoms with Gasteiger partial charge in [0.1, 0.15) is 17.2 Å². The number of rotatable bonds is 5. The van der Waals surface area contributed by atoms with Crippen LogP contribution in [0.5, 0.6) is 17.2 Å². The van der Waals surface area contributed by atoms with Crippen LogP contribution >= 0.6 is 0 Å². The van der Waals surface area contributed by atoms with Crippen LogP contribution in [0, 0.1) is 0 Å². The highest BCUT2D eigenvalue weighted by Crippen LogP contribution is 2.40. The Hall–Kier alpha value is -2.89. The van der Waals surface area contributed by atoms with Crippen molar-refractivity contribution in [3.63, 3.8) is 0 Å². The summed E-state index contributed by atoms with van der Waals surface area (Å²) in [5, 5.41) is 5.82. The maximum Gasteiger partial charge on any atom is 0.315 e. The van der Waals surface area contributed by atoms with Crippen LogP contribution < -0.4 is 24.8 Å². The third-order valence-corrected chi connectivity index (χ3v) is 4.80. The summed E-state index contributed by atoms with van der Waals surface area (Å²) in [7, 11) is 1.63. The third kappa shape index (κ3) is 3.27. The van der Waals surface area contributed by atoms with Crippen molar-refractivity contribution in [1.82, 2.24) is 10.6 Å². The summed E-state index contributed by atoms with van der Waals surface area (Å²) in [6.45, 7) is 2.27. The number of methoxy groups -OCH3 is 1. The number of fused-ring (bicyclic) bond motifs is 2. The SMILES string of the molecule is COc1ccc(CNC(=O)NCc2c3c(cc4c2OCC4)OCC3)cc1. The van der Waals surface area contributed by atoms with Crippen LogP contribution in [0.1, 0.15) is 22.3 Å². The Morgan fingerprint density at radius 3 is 2.65 bits per heavy atom. The number of nitrogens with one attached hydrogen (secondary N) is 2. The van der Waals surface area contributed by atoms with Gasteiger partial charge in [-0.25, -0.2) is 4.79 Å². The number of carbonyl (C=O) groups is 1. The molecule has 2 amide bonds. The Balaban J connectivity index is 1.37. The van der Waals surface area contributed by atoms with Crippen LogP contribution in [0.25, 0.3) is 0 Å². The lowest BCUT2D eigenvalue weighted by Gasteiger charge is -2.14. The van der Waals surface area contributed by atoms with E-state index in [2.05, 4.69) is 16.7 Å². The van der Waals surface area contributed by atoms with Crippen molar-refractivity contribution in [3.8, 4) is 17.2 Å². The second-order valence-electron chi connectivity index (χ2n) is 6.40. The molecule has 0 radical (unpaired) electrons. The number of ether oxygens (including phenoxy) is 3. The topological polar surface area (TPSA) is 68.8 Å². The third-order valence-electron chi connectivity index (χ3n) is 4.80. The molecule has 2 aromatic rings. The number of benzene rings is 2. The van der Waals surface area contributed by atoms with E-state index in [9.17, 15) is 4.79 Å². The maximum absolute atomic E-state index is 12.2. The van der Waals surface area contributed by atoms with E-state index < -0.39 is 0 Å². The summed E-state index contributed by atoms with van der Waals surface area (Å²) in [6, 6.07) is 9.50. The number of urea groups is 1. The quantitative estimate of drug-likeness (QED) is 0.866. The molecule has 0 aliphatic carbocycles. The second-order valence-corrected chi connectivity index (χ2v) is 6.40. The van der Waals surface area contributed by atoms with Gasteiger partial charge < -0.3 is 24.8 Å². The van der Waals surface area contributed by atoms with Crippen molar-refractivity contribution < 1.29 is 19.0 Å². The van der Waals surface area contributed by atoms with E-state index >= 15 is 0 Å². The normalized spacial score (nSPS) is 14.0. The van der Waals surface area contributed by atoms with Gasteiger partial charge in [-0.1, -0.05) is 12.1 Å². The van der Waals surface area contributed by atoms with Crippen LogP contribution in [0.15, 0.2) is 30.3 Å². The van der Waals surface area contributed by atoms with E-state index in [0.29, 0.717) is 26.3 Å². The number of amides is 2. The fraction of sp³-hybridized carbons (Fsp3) is 0.350. The molecule has 0 bridgehead atoms. The van der Waals surface area contributed by atoms with Crippen molar-refractivity contribution in [1.29, 1.82) is 0 Å². The van der Waals surface area contributed by atoms with Gasteiger partial charge in [-0.15, -0.1) is 0 Å². The Bertz CT molecular complexity index is 785. The molecular formula is C20H22N2O4. The molecule has 2 aromatic carbocycles. The Morgan fingerprint density at radius 1 is 1.08 bits per heavy atom. The lowest BCUT2D eigenvalue weighted by atomic mass is 9.99. The number of hydrogen-bond donors (Lipinski definition) is 2. The molecule has 6 heteroatoms. The van der Waals surface area contributed by atoms with Gasteiger partial charge in [0.2, 0.25) is 0 Å². The van der Waals surface area contributed by atoms with Gasteiger partial charge in [0, 0.05) is 42.6 Å². The van der Waals surface area contributed by atoms with Gasteiger partial charge >= 0.3 is 6.03 Å². The Labute approximate surface area is 152 Å². The molecule has 136 valence electrons. The van der Waals surface area contributed by atoms with Gasteiger partial charge in [0.25, 0.3) is 0 Å². The molecular weight excluding hydrogens is 332 g/mol. The maximum atomic E-state index is 12.2. The summed E-state index contributed by atoms with van der Waals surface area (Å²) in [6.07, 6.45) is 1.75. The zero-order valence-corrected chi connectivity index (χ0v) is 14.8. The molecule has 0 unspecified atom stereocenters. The largest absolute Gasteiger partial charge is 0.497 e. The van der Waals surface area contributed by atoms with E-state index in [4.69, 9.17) is 14.2 Å². The minimum absolute atomic E-state index is 0.205. The van der Waals surface area contributed by atoms with Gasteiger partial charge in [-0.05, 0) is 23.8 Å². The molecule has 6 nitrogen and oxygen atoms in total. The lowest BCUT2D eigenvalue weighted by molar-refractivity contribution is 0.240. The van der Waals surface area contributed by atoms with Crippen molar-refractivity contribution in [2.24, 2.45) is 0 Å². The van der Waals surface area contributed by atoms with Crippen LogP contribution in [-0.2, 0) is 25.9 Å². The summed E-state index contributed by atoms with van der Waals surface area (Å²) in [5.41, 5.74) is 4.38. The lowest BCUT2D eigenvalue weighted by Crippen LogP contribution is -2.34. The fourth-order valence-corrected chi connectivity index (χ4v) is 3.43. The first-order chi connectivity index (χ1) is 12.7. The van der Waals surface area contributed by atoms with E-state index in [1.165, 1.54) is 5.56 Å². The van der Waals surface area contributed by atoms with Crippen LogP contribution in [0.4, 0.5) is 4.79 Å². The summed E-state index contributed by atoms with van der Waals surface area (Å²) in [5.74, 6) is 2.65. The zero-order chi connectivity index (χ0) is 17.9. The molecule has 0 saturated carbocycles. The number of carbonyl (C=O) groups excluding carboxylic acids is 1. The molecule has 2 heterocycles. The van der Waals surface area contributed by atoms with Gasteiger partial charge in [-0.3, -0.25) is 0 Å². The predicted molar refractivity (Wildman–Crippen MR) is 96.9 cm³/mol. The molecule has 0 aromatic heterocycles.